The topological polar surface area (TPSA) is 0 Å². The fraction of sp³-hybridized carbons (Fsp3) is 0.571. The largest absolute Gasteiger partial charge is 0.157 e. The summed E-state index contributed by atoms with van der Waals surface area (Å²) in [6, 6.07) is 9.16. The molecular formula is C14H22S. The molecule has 0 spiro atoms. The molecular weight excluding hydrogens is 200 g/mol. The Morgan fingerprint density at radius 3 is 2.33 bits per heavy atom. The van der Waals surface area contributed by atoms with Crippen LogP contribution >= 0.6 is 11.8 Å². The Bertz CT molecular complexity index is 263. The van der Waals surface area contributed by atoms with Gasteiger partial charge in [0.05, 0.1) is 0 Å². The molecule has 0 saturated heterocycles. The molecule has 0 nitrogen and oxygen atoms in total. The van der Waals surface area contributed by atoms with Gasteiger partial charge < -0.3 is 0 Å². The van der Waals surface area contributed by atoms with Gasteiger partial charge in [-0.1, -0.05) is 51.5 Å². The van der Waals surface area contributed by atoms with E-state index in [-0.39, 0.29) is 0 Å². The SMILES string of the molecule is CCCC(C)c1ccc(CSCC)cc1. The summed E-state index contributed by atoms with van der Waals surface area (Å²) in [6.45, 7) is 6.78. The van der Waals surface area contributed by atoms with E-state index in [1.54, 1.807) is 0 Å². The van der Waals surface area contributed by atoms with Gasteiger partial charge in [0.15, 0.2) is 0 Å². The van der Waals surface area contributed by atoms with Crippen molar-refractivity contribution in [3.8, 4) is 0 Å². The van der Waals surface area contributed by atoms with E-state index in [1.165, 1.54) is 29.7 Å². The average molecular weight is 222 g/mol. The maximum absolute atomic E-state index is 2.32. The quantitative estimate of drug-likeness (QED) is 0.663. The van der Waals surface area contributed by atoms with Gasteiger partial charge in [-0.2, -0.15) is 11.8 Å². The third-order valence-electron chi connectivity index (χ3n) is 2.74. The van der Waals surface area contributed by atoms with Crippen LogP contribution in [0.2, 0.25) is 0 Å². The average Bonchev–Trinajstić information content (AvgIpc) is 2.27. The fourth-order valence-corrected chi connectivity index (χ4v) is 2.39. The lowest BCUT2D eigenvalue weighted by atomic mass is 9.96. The van der Waals surface area contributed by atoms with E-state index in [2.05, 4.69) is 45.0 Å². The van der Waals surface area contributed by atoms with Crippen molar-refractivity contribution < 1.29 is 0 Å². The summed E-state index contributed by atoms with van der Waals surface area (Å²) in [6.07, 6.45) is 2.57. The van der Waals surface area contributed by atoms with E-state index < -0.39 is 0 Å². The van der Waals surface area contributed by atoms with Crippen LogP contribution in [0, 0.1) is 0 Å². The summed E-state index contributed by atoms with van der Waals surface area (Å²) in [5, 5.41) is 0. The molecule has 1 aromatic carbocycles. The Morgan fingerprint density at radius 2 is 1.80 bits per heavy atom. The van der Waals surface area contributed by atoms with Crippen LogP contribution in [0.4, 0.5) is 0 Å². The molecule has 0 heterocycles. The van der Waals surface area contributed by atoms with Gasteiger partial charge in [0.1, 0.15) is 0 Å². The predicted molar refractivity (Wildman–Crippen MR) is 71.6 cm³/mol. The van der Waals surface area contributed by atoms with Crippen LogP contribution in [0.5, 0.6) is 0 Å². The zero-order valence-corrected chi connectivity index (χ0v) is 10.9. The summed E-state index contributed by atoms with van der Waals surface area (Å²) < 4.78 is 0. The zero-order chi connectivity index (χ0) is 11.1. The molecule has 0 fully saturated rings. The van der Waals surface area contributed by atoms with Crippen molar-refractivity contribution in [1.82, 2.24) is 0 Å². The molecule has 0 radical (unpaired) electrons. The second-order valence-corrected chi connectivity index (χ2v) is 5.34. The first-order chi connectivity index (χ1) is 7.27. The van der Waals surface area contributed by atoms with Crippen LogP contribution in [-0.2, 0) is 5.75 Å². The molecule has 84 valence electrons. The van der Waals surface area contributed by atoms with E-state index in [4.69, 9.17) is 0 Å². The van der Waals surface area contributed by atoms with Crippen molar-refractivity contribution in [2.75, 3.05) is 5.75 Å². The van der Waals surface area contributed by atoms with Crippen LogP contribution in [0.15, 0.2) is 24.3 Å². The third kappa shape index (κ3) is 4.29. The Morgan fingerprint density at radius 1 is 1.13 bits per heavy atom. The summed E-state index contributed by atoms with van der Waals surface area (Å²) in [5.74, 6) is 3.07. The molecule has 1 unspecified atom stereocenters. The minimum Gasteiger partial charge on any atom is -0.157 e. The number of rotatable bonds is 6. The van der Waals surface area contributed by atoms with Crippen LogP contribution in [0.25, 0.3) is 0 Å². The standard InChI is InChI=1S/C14H22S/c1-4-6-12(3)14-9-7-13(8-10-14)11-15-5-2/h7-10,12H,4-6,11H2,1-3H3. The highest BCUT2D eigenvalue weighted by Crippen LogP contribution is 2.21. The first-order valence-corrected chi connectivity index (χ1v) is 7.10. The summed E-state index contributed by atoms with van der Waals surface area (Å²) in [7, 11) is 0. The van der Waals surface area contributed by atoms with Crippen LogP contribution in [-0.4, -0.2) is 5.75 Å². The minimum atomic E-state index is 0.711. The van der Waals surface area contributed by atoms with Crippen molar-refractivity contribution in [1.29, 1.82) is 0 Å². The van der Waals surface area contributed by atoms with Crippen molar-refractivity contribution in [2.24, 2.45) is 0 Å². The molecule has 0 aliphatic rings. The number of thioether (sulfide) groups is 1. The highest BCUT2D eigenvalue weighted by molar-refractivity contribution is 7.98. The zero-order valence-electron chi connectivity index (χ0n) is 10.1. The molecule has 0 amide bonds. The Kier molecular flexibility index (Phi) is 5.85. The van der Waals surface area contributed by atoms with Crippen molar-refractivity contribution in [3.05, 3.63) is 35.4 Å². The monoisotopic (exact) mass is 222 g/mol. The lowest BCUT2D eigenvalue weighted by Crippen LogP contribution is -1.93. The maximum Gasteiger partial charge on any atom is 0.0184 e. The lowest BCUT2D eigenvalue weighted by Gasteiger charge is -2.11. The molecule has 0 saturated carbocycles. The van der Waals surface area contributed by atoms with E-state index in [1.807, 2.05) is 11.8 Å². The summed E-state index contributed by atoms with van der Waals surface area (Å²) >= 11 is 1.99. The van der Waals surface area contributed by atoms with Gasteiger partial charge >= 0.3 is 0 Å². The van der Waals surface area contributed by atoms with Gasteiger partial charge in [-0.3, -0.25) is 0 Å². The van der Waals surface area contributed by atoms with Crippen LogP contribution < -0.4 is 0 Å². The van der Waals surface area contributed by atoms with Gasteiger partial charge in [-0.15, -0.1) is 0 Å². The van der Waals surface area contributed by atoms with E-state index in [9.17, 15) is 0 Å². The van der Waals surface area contributed by atoms with Crippen LogP contribution in [0.1, 0.15) is 50.7 Å². The van der Waals surface area contributed by atoms with Crippen molar-refractivity contribution in [2.45, 2.75) is 45.3 Å². The molecule has 1 aromatic rings. The Balaban J connectivity index is 2.55. The molecule has 0 aromatic heterocycles. The minimum absolute atomic E-state index is 0.711. The number of hydrogen-bond acceptors (Lipinski definition) is 1. The Hall–Kier alpha value is -0.430. The van der Waals surface area contributed by atoms with Gasteiger partial charge in [-0.25, -0.2) is 0 Å². The highest BCUT2D eigenvalue weighted by Gasteiger charge is 2.03. The first-order valence-electron chi connectivity index (χ1n) is 5.94. The molecule has 0 aliphatic carbocycles. The van der Waals surface area contributed by atoms with Gasteiger partial charge in [0.25, 0.3) is 0 Å². The summed E-state index contributed by atoms with van der Waals surface area (Å²) in [4.78, 5) is 0. The number of hydrogen-bond donors (Lipinski definition) is 0. The molecule has 0 N–H and O–H groups in total. The fourth-order valence-electron chi connectivity index (χ4n) is 1.76. The highest BCUT2D eigenvalue weighted by atomic mass is 32.2. The summed E-state index contributed by atoms with van der Waals surface area (Å²) in [5.41, 5.74) is 2.94. The van der Waals surface area contributed by atoms with E-state index in [0.29, 0.717) is 5.92 Å². The maximum atomic E-state index is 2.32. The lowest BCUT2D eigenvalue weighted by molar-refractivity contribution is 0.665. The first kappa shape index (κ1) is 12.6. The third-order valence-corrected chi connectivity index (χ3v) is 3.69. The van der Waals surface area contributed by atoms with Crippen molar-refractivity contribution >= 4 is 11.8 Å². The molecule has 15 heavy (non-hydrogen) atoms. The van der Waals surface area contributed by atoms with Crippen LogP contribution in [0.3, 0.4) is 0 Å². The molecule has 1 atom stereocenters. The molecule has 0 aliphatic heterocycles. The second-order valence-electron chi connectivity index (χ2n) is 4.07. The predicted octanol–water partition coefficient (Wildman–Crippen LogP) is 4.84. The molecule has 1 heteroatoms. The molecule has 0 bridgehead atoms. The van der Waals surface area contributed by atoms with E-state index in [0.717, 1.165) is 5.75 Å². The normalized spacial score (nSPS) is 12.7. The Labute approximate surface area is 98.5 Å². The molecule has 1 rings (SSSR count). The van der Waals surface area contributed by atoms with Gasteiger partial charge in [0.2, 0.25) is 0 Å². The van der Waals surface area contributed by atoms with E-state index >= 15 is 0 Å². The number of benzene rings is 1. The van der Waals surface area contributed by atoms with Gasteiger partial charge in [-0.05, 0) is 29.2 Å². The van der Waals surface area contributed by atoms with Crippen molar-refractivity contribution in [3.63, 3.8) is 0 Å². The second kappa shape index (κ2) is 6.95. The van der Waals surface area contributed by atoms with Gasteiger partial charge in [0, 0.05) is 5.75 Å². The smallest absolute Gasteiger partial charge is 0.0184 e.